The van der Waals surface area contributed by atoms with Crippen molar-refractivity contribution in [1.82, 2.24) is 20.0 Å². The van der Waals surface area contributed by atoms with Crippen LogP contribution in [-0.2, 0) is 11.3 Å². The molecule has 7 nitrogen and oxygen atoms in total. The van der Waals surface area contributed by atoms with Crippen molar-refractivity contribution in [3.05, 3.63) is 47.8 Å². The number of rotatable bonds is 6. The van der Waals surface area contributed by atoms with E-state index >= 15 is 0 Å². The van der Waals surface area contributed by atoms with Crippen molar-refractivity contribution < 1.29 is 9.53 Å². The molecule has 0 spiro atoms. The van der Waals surface area contributed by atoms with E-state index in [9.17, 15) is 4.79 Å². The number of nitrogens with one attached hydrogen (secondary N) is 1. The lowest BCUT2D eigenvalue weighted by molar-refractivity contribution is 0.0523. The first-order valence-electron chi connectivity index (χ1n) is 8.47. The van der Waals surface area contributed by atoms with E-state index in [1.54, 1.807) is 18.3 Å². The van der Waals surface area contributed by atoms with Crippen molar-refractivity contribution in [2.75, 3.05) is 20.1 Å². The highest BCUT2D eigenvalue weighted by Gasteiger charge is 2.15. The molecular weight excluding hydrogens is 330 g/mol. The van der Waals surface area contributed by atoms with Crippen LogP contribution in [0.25, 0.3) is 5.69 Å². The molecule has 7 heteroatoms. The average molecular weight is 355 g/mol. The number of ether oxygens (including phenoxy) is 1. The molecule has 0 saturated heterocycles. The fourth-order valence-corrected chi connectivity index (χ4v) is 2.38. The molecule has 0 radical (unpaired) electrons. The highest BCUT2D eigenvalue weighted by Crippen LogP contribution is 2.13. The summed E-state index contributed by atoms with van der Waals surface area (Å²) in [5, 5.41) is 16.0. The van der Waals surface area contributed by atoms with Crippen LogP contribution in [0.1, 0.15) is 32.0 Å². The van der Waals surface area contributed by atoms with E-state index in [-0.39, 0.29) is 0 Å². The molecule has 1 amide bonds. The van der Waals surface area contributed by atoms with Crippen LogP contribution >= 0.6 is 0 Å². The van der Waals surface area contributed by atoms with Crippen LogP contribution in [0.4, 0.5) is 4.79 Å². The summed E-state index contributed by atoms with van der Waals surface area (Å²) in [5.41, 5.74) is 2.05. The maximum absolute atomic E-state index is 11.7. The summed E-state index contributed by atoms with van der Waals surface area (Å²) < 4.78 is 7.06. The molecule has 1 aromatic heterocycles. The highest BCUT2D eigenvalue weighted by molar-refractivity contribution is 5.67. The highest BCUT2D eigenvalue weighted by atomic mass is 16.6. The van der Waals surface area contributed by atoms with E-state index in [1.165, 1.54) is 0 Å². The van der Waals surface area contributed by atoms with Gasteiger partial charge in [-0.05, 0) is 58.2 Å². The summed E-state index contributed by atoms with van der Waals surface area (Å²) in [6.07, 6.45) is 1.34. The number of aromatic nitrogens is 2. The monoisotopic (exact) mass is 355 g/mol. The average Bonchev–Trinajstić information content (AvgIpc) is 3.01. The van der Waals surface area contributed by atoms with Crippen molar-refractivity contribution in [2.24, 2.45) is 0 Å². The van der Waals surface area contributed by atoms with E-state index in [4.69, 9.17) is 10.00 Å². The van der Waals surface area contributed by atoms with Gasteiger partial charge in [-0.25, -0.2) is 9.48 Å². The second-order valence-corrected chi connectivity index (χ2v) is 7.06. The van der Waals surface area contributed by atoms with Gasteiger partial charge in [-0.15, -0.1) is 0 Å². The summed E-state index contributed by atoms with van der Waals surface area (Å²) >= 11 is 0. The zero-order chi connectivity index (χ0) is 19.2. The van der Waals surface area contributed by atoms with E-state index in [2.05, 4.69) is 21.4 Å². The molecule has 1 heterocycles. The minimum absolute atomic E-state index is 0.409. The maximum atomic E-state index is 11.7. The SMILES string of the molecule is CN(CCNC(=O)OC(C)(C)C)Cc1ccnn1-c1ccc(C#N)cc1. The van der Waals surface area contributed by atoms with Crippen molar-refractivity contribution in [2.45, 2.75) is 32.9 Å². The molecule has 26 heavy (non-hydrogen) atoms. The fourth-order valence-electron chi connectivity index (χ4n) is 2.38. The van der Waals surface area contributed by atoms with Gasteiger partial charge in [0.05, 0.1) is 23.0 Å². The molecular formula is C19H25N5O2. The van der Waals surface area contributed by atoms with Crippen molar-refractivity contribution in [3.8, 4) is 11.8 Å². The maximum Gasteiger partial charge on any atom is 0.407 e. The van der Waals surface area contributed by atoms with E-state index in [1.807, 2.05) is 50.7 Å². The molecule has 0 atom stereocenters. The first-order valence-corrected chi connectivity index (χ1v) is 8.47. The van der Waals surface area contributed by atoms with Gasteiger partial charge in [-0.1, -0.05) is 0 Å². The predicted molar refractivity (Wildman–Crippen MR) is 98.8 cm³/mol. The van der Waals surface area contributed by atoms with E-state index in [0.29, 0.717) is 25.2 Å². The molecule has 0 aliphatic rings. The second kappa shape index (κ2) is 8.50. The molecule has 2 aromatic rings. The summed E-state index contributed by atoms with van der Waals surface area (Å²) in [4.78, 5) is 13.8. The summed E-state index contributed by atoms with van der Waals surface area (Å²) in [5.74, 6) is 0. The van der Waals surface area contributed by atoms with Crippen LogP contribution in [0.15, 0.2) is 36.5 Å². The van der Waals surface area contributed by atoms with Gasteiger partial charge in [-0.2, -0.15) is 10.4 Å². The Hall–Kier alpha value is -2.85. The number of nitrogens with zero attached hydrogens (tertiary/aromatic N) is 4. The zero-order valence-corrected chi connectivity index (χ0v) is 15.7. The van der Waals surface area contributed by atoms with E-state index < -0.39 is 11.7 Å². The Balaban J connectivity index is 1.88. The van der Waals surface area contributed by atoms with Gasteiger partial charge in [0.2, 0.25) is 0 Å². The van der Waals surface area contributed by atoms with Crippen LogP contribution in [0.3, 0.4) is 0 Å². The van der Waals surface area contributed by atoms with Crippen molar-refractivity contribution in [1.29, 1.82) is 5.26 Å². The molecule has 2 rings (SSSR count). The van der Waals surface area contributed by atoms with Crippen LogP contribution in [0.2, 0.25) is 0 Å². The Labute approximate surface area is 154 Å². The molecule has 1 aromatic carbocycles. The molecule has 1 N–H and O–H groups in total. The standard InChI is InChI=1S/C19H25N5O2/c1-19(2,3)26-18(25)21-11-12-23(4)14-17-9-10-22-24(17)16-7-5-15(13-20)6-8-16/h5-10H,11-12,14H2,1-4H3,(H,21,25). The number of amides is 1. The molecule has 138 valence electrons. The lowest BCUT2D eigenvalue weighted by Crippen LogP contribution is -2.37. The van der Waals surface area contributed by atoms with Gasteiger partial charge < -0.3 is 10.1 Å². The summed E-state index contributed by atoms with van der Waals surface area (Å²) in [6, 6.07) is 11.4. The third-order valence-electron chi connectivity index (χ3n) is 3.56. The third-order valence-corrected chi connectivity index (χ3v) is 3.56. The minimum Gasteiger partial charge on any atom is -0.444 e. The number of benzene rings is 1. The Bertz CT molecular complexity index is 768. The van der Waals surface area contributed by atoms with Gasteiger partial charge in [0.15, 0.2) is 0 Å². The quantitative estimate of drug-likeness (QED) is 0.861. The fraction of sp³-hybridized carbons (Fsp3) is 0.421. The van der Waals surface area contributed by atoms with Crippen LogP contribution < -0.4 is 5.32 Å². The number of nitriles is 1. The molecule has 0 unspecified atom stereocenters. The second-order valence-electron chi connectivity index (χ2n) is 7.06. The van der Waals surface area contributed by atoms with Gasteiger partial charge in [0.25, 0.3) is 0 Å². The largest absolute Gasteiger partial charge is 0.444 e. The lowest BCUT2D eigenvalue weighted by Gasteiger charge is -2.21. The van der Waals surface area contributed by atoms with Gasteiger partial charge in [0.1, 0.15) is 5.60 Å². The first kappa shape index (κ1) is 19.5. The normalized spacial score (nSPS) is 11.2. The Morgan fingerprint density at radius 3 is 2.62 bits per heavy atom. The summed E-state index contributed by atoms with van der Waals surface area (Å²) in [6.45, 7) is 7.36. The third kappa shape index (κ3) is 5.90. The predicted octanol–water partition coefficient (Wildman–Crippen LogP) is 2.70. The van der Waals surface area contributed by atoms with Gasteiger partial charge >= 0.3 is 6.09 Å². The van der Waals surface area contributed by atoms with Gasteiger partial charge in [-0.3, -0.25) is 4.90 Å². The van der Waals surface area contributed by atoms with Gasteiger partial charge in [0, 0.05) is 25.8 Å². The summed E-state index contributed by atoms with van der Waals surface area (Å²) in [7, 11) is 1.98. The number of hydrogen-bond donors (Lipinski definition) is 1. The number of hydrogen-bond acceptors (Lipinski definition) is 5. The number of carbonyl (C=O) groups excluding carboxylic acids is 1. The van der Waals surface area contributed by atoms with E-state index in [0.717, 1.165) is 11.4 Å². The first-order chi connectivity index (χ1) is 12.3. The molecule has 0 saturated carbocycles. The molecule has 0 aliphatic carbocycles. The van der Waals surface area contributed by atoms with Crippen LogP contribution in [-0.4, -0.2) is 46.5 Å². The Morgan fingerprint density at radius 2 is 2.00 bits per heavy atom. The van der Waals surface area contributed by atoms with Crippen molar-refractivity contribution in [3.63, 3.8) is 0 Å². The topological polar surface area (TPSA) is 83.2 Å². The molecule has 0 bridgehead atoms. The molecule has 0 fully saturated rings. The van der Waals surface area contributed by atoms with Crippen LogP contribution in [0, 0.1) is 11.3 Å². The minimum atomic E-state index is -0.496. The van der Waals surface area contributed by atoms with Crippen molar-refractivity contribution >= 4 is 6.09 Å². The number of carbonyl (C=O) groups is 1. The lowest BCUT2D eigenvalue weighted by atomic mass is 10.2. The number of alkyl carbamates (subject to hydrolysis) is 1. The molecule has 0 aliphatic heterocycles. The Kier molecular flexibility index (Phi) is 6.36. The van der Waals surface area contributed by atoms with Crippen LogP contribution in [0.5, 0.6) is 0 Å². The zero-order valence-electron chi connectivity index (χ0n) is 15.7. The smallest absolute Gasteiger partial charge is 0.407 e. The number of likely N-dealkylation sites (N-methyl/N-ethyl adjacent to an activating group) is 1. The Morgan fingerprint density at radius 1 is 1.31 bits per heavy atom.